The average Bonchev–Trinajstić information content (AvgIpc) is 2.43. The van der Waals surface area contributed by atoms with E-state index in [2.05, 4.69) is 55.0 Å². The van der Waals surface area contributed by atoms with Crippen molar-refractivity contribution in [2.24, 2.45) is 11.8 Å². The van der Waals surface area contributed by atoms with Gasteiger partial charge in [0.05, 0.1) is 0 Å². The lowest BCUT2D eigenvalue weighted by Crippen LogP contribution is -2.46. The van der Waals surface area contributed by atoms with Crippen LogP contribution in [0.3, 0.4) is 0 Å². The van der Waals surface area contributed by atoms with E-state index < -0.39 is 0 Å². The summed E-state index contributed by atoms with van der Waals surface area (Å²) < 4.78 is 0. The Bertz CT molecular complexity index is 418. The van der Waals surface area contributed by atoms with Gasteiger partial charge in [-0.3, -0.25) is 0 Å². The minimum absolute atomic E-state index is 0.581. The number of pyridine rings is 1. The molecule has 3 nitrogen and oxygen atoms in total. The van der Waals surface area contributed by atoms with Gasteiger partial charge in [-0.05, 0) is 55.8 Å². The van der Waals surface area contributed by atoms with Crippen LogP contribution in [0.5, 0.6) is 0 Å². The largest absolute Gasteiger partial charge is 0.353 e. The predicted molar refractivity (Wildman–Crippen MR) is 86.0 cm³/mol. The zero-order chi connectivity index (χ0) is 14.5. The van der Waals surface area contributed by atoms with Gasteiger partial charge in [0.1, 0.15) is 5.82 Å². The van der Waals surface area contributed by atoms with Crippen LogP contribution in [0.15, 0.2) is 18.3 Å². The molecule has 0 radical (unpaired) electrons. The van der Waals surface area contributed by atoms with Crippen LogP contribution in [0, 0.1) is 11.8 Å². The quantitative estimate of drug-likeness (QED) is 0.834. The summed E-state index contributed by atoms with van der Waals surface area (Å²) in [5.41, 5.74) is 1.33. The summed E-state index contributed by atoms with van der Waals surface area (Å²) in [5, 5.41) is 3.46. The maximum Gasteiger partial charge on any atom is 0.129 e. The molecule has 0 aromatic carbocycles. The Labute approximate surface area is 123 Å². The van der Waals surface area contributed by atoms with Gasteiger partial charge in [0.2, 0.25) is 0 Å². The molecule has 3 heteroatoms. The molecule has 112 valence electrons. The summed E-state index contributed by atoms with van der Waals surface area (Å²) in [6.07, 6.45) is 4.46. The van der Waals surface area contributed by atoms with Crippen LogP contribution in [0.2, 0.25) is 0 Å². The number of nitrogens with zero attached hydrogens (tertiary/aromatic N) is 2. The van der Waals surface area contributed by atoms with Gasteiger partial charge in [0.15, 0.2) is 0 Å². The minimum Gasteiger partial charge on any atom is -0.353 e. The van der Waals surface area contributed by atoms with E-state index in [0.717, 1.165) is 37.3 Å². The van der Waals surface area contributed by atoms with E-state index in [1.54, 1.807) is 0 Å². The van der Waals surface area contributed by atoms with Crippen LogP contribution in [0.4, 0.5) is 5.82 Å². The van der Waals surface area contributed by atoms with Crippen LogP contribution in [0.1, 0.15) is 46.1 Å². The fourth-order valence-corrected chi connectivity index (χ4v) is 3.15. The maximum atomic E-state index is 4.61. The lowest BCUT2D eigenvalue weighted by Gasteiger charge is -2.42. The molecule has 1 aromatic rings. The predicted octanol–water partition coefficient (Wildman–Crippen LogP) is 3.45. The van der Waals surface area contributed by atoms with E-state index in [-0.39, 0.29) is 0 Å². The van der Waals surface area contributed by atoms with Crippen molar-refractivity contribution in [3.05, 3.63) is 23.9 Å². The van der Waals surface area contributed by atoms with Gasteiger partial charge in [-0.25, -0.2) is 4.98 Å². The molecule has 1 fully saturated rings. The fourth-order valence-electron chi connectivity index (χ4n) is 3.15. The first-order valence-corrected chi connectivity index (χ1v) is 8.04. The van der Waals surface area contributed by atoms with Crippen molar-refractivity contribution in [3.8, 4) is 0 Å². The minimum atomic E-state index is 0.581. The van der Waals surface area contributed by atoms with Crippen molar-refractivity contribution in [2.75, 3.05) is 18.0 Å². The van der Waals surface area contributed by atoms with Gasteiger partial charge in [0, 0.05) is 25.3 Å². The van der Waals surface area contributed by atoms with E-state index in [1.807, 2.05) is 6.20 Å². The molecule has 1 aliphatic heterocycles. The number of nitrogens with one attached hydrogen (secondary N) is 1. The molecule has 2 rings (SSSR count). The van der Waals surface area contributed by atoms with Crippen molar-refractivity contribution in [3.63, 3.8) is 0 Å². The zero-order valence-electron chi connectivity index (χ0n) is 13.4. The molecule has 0 saturated carbocycles. The molecule has 0 bridgehead atoms. The molecule has 2 heterocycles. The normalized spacial score (nSPS) is 26.8. The summed E-state index contributed by atoms with van der Waals surface area (Å²) in [5.74, 6) is 2.64. The summed E-state index contributed by atoms with van der Waals surface area (Å²) in [6.45, 7) is 12.4. The van der Waals surface area contributed by atoms with Crippen LogP contribution >= 0.6 is 0 Å². The Balaban J connectivity index is 2.09. The molecule has 0 spiro atoms. The third-order valence-electron chi connectivity index (χ3n) is 4.46. The summed E-state index contributed by atoms with van der Waals surface area (Å²) in [7, 11) is 0. The number of rotatable bonds is 5. The second kappa shape index (κ2) is 7.07. The van der Waals surface area contributed by atoms with Crippen molar-refractivity contribution < 1.29 is 0 Å². The van der Waals surface area contributed by atoms with Gasteiger partial charge in [0.25, 0.3) is 0 Å². The van der Waals surface area contributed by atoms with Crippen molar-refractivity contribution in [1.82, 2.24) is 10.3 Å². The number of aromatic nitrogens is 1. The van der Waals surface area contributed by atoms with Crippen molar-refractivity contribution in [2.45, 2.75) is 53.1 Å². The molecule has 1 aromatic heterocycles. The third-order valence-corrected chi connectivity index (χ3v) is 4.46. The Morgan fingerprint density at radius 1 is 1.35 bits per heavy atom. The van der Waals surface area contributed by atoms with Crippen LogP contribution in [-0.2, 0) is 6.54 Å². The first kappa shape index (κ1) is 15.3. The molecule has 3 atom stereocenters. The summed E-state index contributed by atoms with van der Waals surface area (Å²) >= 11 is 0. The highest BCUT2D eigenvalue weighted by molar-refractivity contribution is 5.43. The van der Waals surface area contributed by atoms with E-state index >= 15 is 0 Å². The van der Waals surface area contributed by atoms with Gasteiger partial charge in [-0.2, -0.15) is 0 Å². The number of hydrogen-bond donors (Lipinski definition) is 1. The highest BCUT2D eigenvalue weighted by Crippen LogP contribution is 2.30. The second-order valence-electron chi connectivity index (χ2n) is 6.41. The Kier molecular flexibility index (Phi) is 5.41. The van der Waals surface area contributed by atoms with E-state index in [4.69, 9.17) is 0 Å². The van der Waals surface area contributed by atoms with E-state index in [0.29, 0.717) is 6.04 Å². The molecule has 0 amide bonds. The molecular formula is C17H29N3. The standard InChI is InChI=1S/C17H29N3/c1-5-7-18-11-16-6-8-19-17(10-16)20-12-13(2)9-14(3)15(20)4/h6,8,10,13-15,18H,5,7,9,11-12H2,1-4H3. The van der Waals surface area contributed by atoms with E-state index in [1.165, 1.54) is 18.4 Å². The summed E-state index contributed by atoms with van der Waals surface area (Å²) in [4.78, 5) is 7.10. The van der Waals surface area contributed by atoms with E-state index in [9.17, 15) is 0 Å². The average molecular weight is 275 g/mol. The molecule has 3 unspecified atom stereocenters. The number of piperidine rings is 1. The maximum absolute atomic E-state index is 4.61. The SMILES string of the molecule is CCCNCc1ccnc(N2CC(C)CC(C)C2C)c1. The van der Waals surface area contributed by atoms with Gasteiger partial charge >= 0.3 is 0 Å². The van der Waals surface area contributed by atoms with Crippen molar-refractivity contribution in [1.29, 1.82) is 0 Å². The van der Waals surface area contributed by atoms with Crippen LogP contribution in [0.25, 0.3) is 0 Å². The third kappa shape index (κ3) is 3.72. The first-order chi connectivity index (χ1) is 9.61. The topological polar surface area (TPSA) is 28.2 Å². The molecule has 1 N–H and O–H groups in total. The molecule has 1 saturated heterocycles. The highest BCUT2D eigenvalue weighted by Gasteiger charge is 2.29. The Hall–Kier alpha value is -1.09. The lowest BCUT2D eigenvalue weighted by molar-refractivity contribution is 0.295. The smallest absolute Gasteiger partial charge is 0.129 e. The molecule has 1 aliphatic rings. The van der Waals surface area contributed by atoms with Crippen LogP contribution in [-0.4, -0.2) is 24.1 Å². The Morgan fingerprint density at radius 2 is 2.15 bits per heavy atom. The number of hydrogen-bond acceptors (Lipinski definition) is 3. The molecule has 20 heavy (non-hydrogen) atoms. The molecular weight excluding hydrogens is 246 g/mol. The second-order valence-corrected chi connectivity index (χ2v) is 6.41. The monoisotopic (exact) mass is 275 g/mol. The van der Waals surface area contributed by atoms with Crippen LogP contribution < -0.4 is 10.2 Å². The number of anilines is 1. The van der Waals surface area contributed by atoms with Gasteiger partial charge in [-0.1, -0.05) is 20.8 Å². The first-order valence-electron chi connectivity index (χ1n) is 8.04. The Morgan fingerprint density at radius 3 is 2.90 bits per heavy atom. The molecule has 0 aliphatic carbocycles. The van der Waals surface area contributed by atoms with Gasteiger partial charge in [-0.15, -0.1) is 0 Å². The van der Waals surface area contributed by atoms with Gasteiger partial charge < -0.3 is 10.2 Å². The zero-order valence-corrected chi connectivity index (χ0v) is 13.4. The van der Waals surface area contributed by atoms with Crippen molar-refractivity contribution >= 4 is 5.82 Å². The lowest BCUT2D eigenvalue weighted by atomic mass is 9.86. The highest BCUT2D eigenvalue weighted by atomic mass is 15.2. The fraction of sp³-hybridized carbons (Fsp3) is 0.706. The summed E-state index contributed by atoms with van der Waals surface area (Å²) in [6, 6.07) is 4.95.